The highest BCUT2D eigenvalue weighted by Crippen LogP contribution is 2.44. The molecule has 10 heteroatoms. The Bertz CT molecular complexity index is 665. The molecule has 6 nitrogen and oxygen atoms in total. The van der Waals surface area contributed by atoms with Crippen molar-refractivity contribution in [2.24, 2.45) is 5.73 Å². The van der Waals surface area contributed by atoms with Crippen molar-refractivity contribution in [3.05, 3.63) is 12.1 Å². The van der Waals surface area contributed by atoms with E-state index >= 15 is 0 Å². The van der Waals surface area contributed by atoms with Crippen LogP contribution in [0.1, 0.15) is 12.8 Å². The van der Waals surface area contributed by atoms with Crippen LogP contribution in [0.4, 0.5) is 13.9 Å². The molecule has 3 rings (SSSR count). The minimum atomic E-state index is -3.65. The maximum atomic E-state index is 12.9. The molecule has 0 atom stereocenters. The average molecular weight is 352 g/mol. The fourth-order valence-corrected chi connectivity index (χ4v) is 2.76. The van der Waals surface area contributed by atoms with Crippen LogP contribution in [-0.4, -0.2) is 23.7 Å². The van der Waals surface area contributed by atoms with Crippen molar-refractivity contribution in [1.82, 2.24) is 4.98 Å². The predicted octanol–water partition coefficient (Wildman–Crippen LogP) is 2.72. The molecule has 0 aliphatic carbocycles. The Hall–Kier alpha value is -1.71. The number of anilines is 1. The molecule has 1 aliphatic rings. The molecule has 2 aromatic rings. The molecule has 1 aromatic heterocycles. The summed E-state index contributed by atoms with van der Waals surface area (Å²) in [4.78, 5) is 15.7. The lowest BCUT2D eigenvalue weighted by Crippen LogP contribution is -2.25. The van der Waals surface area contributed by atoms with E-state index in [0.717, 1.165) is 0 Å². The molecule has 2 heterocycles. The number of carbonyl (C=O) groups is 1. The van der Waals surface area contributed by atoms with Gasteiger partial charge in [0.2, 0.25) is 5.91 Å². The Labute approximate surface area is 134 Å². The summed E-state index contributed by atoms with van der Waals surface area (Å²) in [6.07, 6.45) is -2.76. The Morgan fingerprint density at radius 3 is 2.73 bits per heavy atom. The maximum absolute atomic E-state index is 12.9. The van der Waals surface area contributed by atoms with Crippen LogP contribution in [0.3, 0.4) is 0 Å². The standard InChI is InChI=1S/C12H11F2N3O3S.ClH/c13-12(14)19-7-4-6-9(5-8(7)20-12)21-11(16-6)17-10(18)2-1-3-15;/h4-5H,1-3,15H2,(H,16,17,18);1H. The Balaban J connectivity index is 0.00000176. The first-order valence-corrected chi connectivity index (χ1v) is 6.99. The largest absolute Gasteiger partial charge is 0.586 e. The summed E-state index contributed by atoms with van der Waals surface area (Å²) in [5.74, 6) is -0.304. The van der Waals surface area contributed by atoms with Gasteiger partial charge in [0.05, 0.1) is 10.2 Å². The lowest BCUT2D eigenvalue weighted by Gasteiger charge is -2.04. The Kier molecular flexibility index (Phi) is 4.69. The van der Waals surface area contributed by atoms with E-state index in [1.54, 1.807) is 0 Å². The fraction of sp³-hybridized carbons (Fsp3) is 0.333. The monoisotopic (exact) mass is 351 g/mol. The van der Waals surface area contributed by atoms with Crippen molar-refractivity contribution in [2.75, 3.05) is 11.9 Å². The van der Waals surface area contributed by atoms with E-state index in [1.807, 2.05) is 0 Å². The van der Waals surface area contributed by atoms with Crippen LogP contribution in [0.25, 0.3) is 10.2 Å². The lowest BCUT2D eigenvalue weighted by molar-refractivity contribution is -0.286. The van der Waals surface area contributed by atoms with Crippen LogP contribution >= 0.6 is 23.7 Å². The van der Waals surface area contributed by atoms with Crippen molar-refractivity contribution in [3.8, 4) is 11.5 Å². The summed E-state index contributed by atoms with van der Waals surface area (Å²) in [6, 6.07) is 2.77. The number of carbonyl (C=O) groups excluding carboxylic acids is 1. The maximum Gasteiger partial charge on any atom is 0.586 e. The number of thiazole rings is 1. The van der Waals surface area contributed by atoms with E-state index in [-0.39, 0.29) is 29.8 Å². The van der Waals surface area contributed by atoms with Gasteiger partial charge in [-0.05, 0) is 13.0 Å². The Morgan fingerprint density at radius 2 is 2.05 bits per heavy atom. The first-order valence-electron chi connectivity index (χ1n) is 6.17. The number of nitrogens with two attached hydrogens (primary N) is 1. The molecule has 0 spiro atoms. The van der Waals surface area contributed by atoms with Gasteiger partial charge < -0.3 is 20.5 Å². The number of halogens is 3. The summed E-state index contributed by atoms with van der Waals surface area (Å²) in [5, 5.41) is 3.03. The molecule has 0 saturated carbocycles. The van der Waals surface area contributed by atoms with Crippen molar-refractivity contribution < 1.29 is 23.0 Å². The number of fused-ring (bicyclic) bond motifs is 2. The third kappa shape index (κ3) is 3.37. The molecule has 1 aromatic carbocycles. The number of rotatable bonds is 4. The van der Waals surface area contributed by atoms with Crippen molar-refractivity contribution in [1.29, 1.82) is 0 Å². The topological polar surface area (TPSA) is 86.5 Å². The summed E-state index contributed by atoms with van der Waals surface area (Å²) < 4.78 is 35.2. The van der Waals surface area contributed by atoms with Crippen LogP contribution in [0.2, 0.25) is 0 Å². The number of ether oxygens (including phenoxy) is 2. The third-order valence-electron chi connectivity index (χ3n) is 2.77. The number of alkyl halides is 2. The van der Waals surface area contributed by atoms with Gasteiger partial charge in [0.15, 0.2) is 16.6 Å². The zero-order valence-electron chi connectivity index (χ0n) is 11.1. The molecule has 22 heavy (non-hydrogen) atoms. The SMILES string of the molecule is Cl.NCCCC(=O)Nc1nc2cc3c(cc2s1)OC(F)(F)O3. The number of nitrogens with one attached hydrogen (secondary N) is 1. The average Bonchev–Trinajstić information content (AvgIpc) is 2.90. The van der Waals surface area contributed by atoms with Crippen LogP contribution in [0.5, 0.6) is 11.5 Å². The van der Waals surface area contributed by atoms with Crippen molar-refractivity contribution in [2.45, 2.75) is 19.1 Å². The van der Waals surface area contributed by atoms with Crippen molar-refractivity contribution >= 4 is 45.0 Å². The summed E-state index contributed by atoms with van der Waals surface area (Å²) in [5.41, 5.74) is 5.78. The fourth-order valence-electron chi connectivity index (χ4n) is 1.87. The molecular formula is C12H12ClF2N3O3S. The van der Waals surface area contributed by atoms with Crippen LogP contribution in [0.15, 0.2) is 12.1 Å². The summed E-state index contributed by atoms with van der Waals surface area (Å²) in [7, 11) is 0. The molecule has 120 valence electrons. The van der Waals surface area contributed by atoms with Crippen LogP contribution in [0, 0.1) is 0 Å². The van der Waals surface area contributed by atoms with Gasteiger partial charge in [0.1, 0.15) is 0 Å². The second kappa shape index (κ2) is 6.19. The lowest BCUT2D eigenvalue weighted by atomic mass is 10.3. The second-order valence-corrected chi connectivity index (χ2v) is 5.42. The predicted molar refractivity (Wildman–Crippen MR) is 80.0 cm³/mol. The highest BCUT2D eigenvalue weighted by atomic mass is 35.5. The normalized spacial score (nSPS) is 14.7. The van der Waals surface area contributed by atoms with Gasteiger partial charge in [-0.2, -0.15) is 0 Å². The molecule has 0 saturated heterocycles. The molecular weight excluding hydrogens is 340 g/mol. The molecule has 0 radical (unpaired) electrons. The molecule has 0 fully saturated rings. The number of aromatic nitrogens is 1. The van der Waals surface area contributed by atoms with Gasteiger partial charge in [-0.25, -0.2) is 4.98 Å². The van der Waals surface area contributed by atoms with E-state index in [4.69, 9.17) is 5.73 Å². The van der Waals surface area contributed by atoms with E-state index in [9.17, 15) is 13.6 Å². The third-order valence-corrected chi connectivity index (χ3v) is 3.70. The van der Waals surface area contributed by atoms with E-state index < -0.39 is 6.29 Å². The molecule has 0 unspecified atom stereocenters. The first kappa shape index (κ1) is 16.7. The van der Waals surface area contributed by atoms with Gasteiger partial charge >= 0.3 is 6.29 Å². The number of benzene rings is 1. The van der Waals surface area contributed by atoms with E-state index in [1.165, 1.54) is 23.5 Å². The van der Waals surface area contributed by atoms with Crippen molar-refractivity contribution in [3.63, 3.8) is 0 Å². The van der Waals surface area contributed by atoms with Gasteiger partial charge in [-0.15, -0.1) is 21.2 Å². The number of amides is 1. The van der Waals surface area contributed by atoms with Gasteiger partial charge in [-0.3, -0.25) is 4.79 Å². The van der Waals surface area contributed by atoms with E-state index in [2.05, 4.69) is 19.8 Å². The quantitative estimate of drug-likeness (QED) is 0.884. The summed E-state index contributed by atoms with van der Waals surface area (Å²) >= 11 is 1.17. The zero-order valence-corrected chi connectivity index (χ0v) is 12.7. The first-order chi connectivity index (χ1) is 9.97. The molecule has 3 N–H and O–H groups in total. The van der Waals surface area contributed by atoms with E-state index in [0.29, 0.717) is 34.7 Å². The molecule has 1 amide bonds. The Morgan fingerprint density at radius 1 is 1.36 bits per heavy atom. The number of nitrogens with zero attached hydrogens (tertiary/aromatic N) is 1. The minimum absolute atomic E-state index is 0. The van der Waals surface area contributed by atoms with Crippen LogP contribution < -0.4 is 20.5 Å². The highest BCUT2D eigenvalue weighted by molar-refractivity contribution is 7.22. The smallest absolute Gasteiger partial charge is 0.395 e. The zero-order chi connectivity index (χ0) is 15.0. The number of hydrogen-bond donors (Lipinski definition) is 2. The second-order valence-electron chi connectivity index (χ2n) is 4.39. The molecule has 1 aliphatic heterocycles. The summed E-state index contributed by atoms with van der Waals surface area (Å²) in [6.45, 7) is 0.433. The molecule has 0 bridgehead atoms. The minimum Gasteiger partial charge on any atom is -0.395 e. The van der Waals surface area contributed by atoms with Gasteiger partial charge in [0, 0.05) is 18.6 Å². The highest BCUT2D eigenvalue weighted by Gasteiger charge is 2.43. The number of hydrogen-bond acceptors (Lipinski definition) is 6. The van der Waals surface area contributed by atoms with Gasteiger partial charge in [0.25, 0.3) is 0 Å². The van der Waals surface area contributed by atoms with Crippen LogP contribution in [-0.2, 0) is 4.79 Å². The van der Waals surface area contributed by atoms with Gasteiger partial charge in [-0.1, -0.05) is 11.3 Å².